The second kappa shape index (κ2) is 2.46. The normalized spacial score (nSPS) is 53.8. The van der Waals surface area contributed by atoms with Crippen molar-refractivity contribution in [2.75, 3.05) is 13.2 Å². The van der Waals surface area contributed by atoms with E-state index in [-0.39, 0.29) is 5.41 Å². The van der Waals surface area contributed by atoms with Crippen LogP contribution in [0.1, 0.15) is 33.1 Å². The van der Waals surface area contributed by atoms with Gasteiger partial charge in [-0.25, -0.2) is 0 Å². The van der Waals surface area contributed by atoms with E-state index in [4.69, 9.17) is 4.74 Å². The summed E-state index contributed by atoms with van der Waals surface area (Å²) in [7, 11) is 0. The van der Waals surface area contributed by atoms with Gasteiger partial charge in [0, 0.05) is 11.3 Å². The molecule has 1 aliphatic carbocycles. The van der Waals surface area contributed by atoms with Gasteiger partial charge in [0.05, 0.1) is 18.8 Å². The smallest absolute Gasteiger partial charge is 0.0770 e. The minimum absolute atomic E-state index is 0.0324. The summed E-state index contributed by atoms with van der Waals surface area (Å²) in [6, 6.07) is 0. The Morgan fingerprint density at radius 1 is 1.42 bits per heavy atom. The predicted octanol–water partition coefficient (Wildman–Crippen LogP) is 1.57. The van der Waals surface area contributed by atoms with Gasteiger partial charge in [-0.15, -0.1) is 0 Å². The fourth-order valence-corrected chi connectivity index (χ4v) is 2.90. The summed E-state index contributed by atoms with van der Waals surface area (Å²) in [4.78, 5) is 0. The molecule has 70 valence electrons. The number of hydrogen-bond acceptors (Lipinski definition) is 2. The van der Waals surface area contributed by atoms with E-state index >= 15 is 0 Å². The molecule has 2 nitrogen and oxygen atoms in total. The SMILES string of the molecule is C[C@H]1COC[C@@]2(C)CCC[C@@]12O. The highest BCUT2D eigenvalue weighted by molar-refractivity contribution is 5.05. The van der Waals surface area contributed by atoms with E-state index in [1.165, 1.54) is 0 Å². The van der Waals surface area contributed by atoms with Gasteiger partial charge in [-0.05, 0) is 19.3 Å². The summed E-state index contributed by atoms with van der Waals surface area (Å²) in [6.45, 7) is 5.73. The topological polar surface area (TPSA) is 29.5 Å². The summed E-state index contributed by atoms with van der Waals surface area (Å²) >= 11 is 0. The fraction of sp³-hybridized carbons (Fsp3) is 1.00. The third kappa shape index (κ3) is 0.882. The Kier molecular flexibility index (Phi) is 1.74. The lowest BCUT2D eigenvalue weighted by molar-refractivity contribution is -0.180. The number of fused-ring (bicyclic) bond motifs is 1. The number of ether oxygens (including phenoxy) is 1. The van der Waals surface area contributed by atoms with Crippen LogP contribution in [-0.4, -0.2) is 23.9 Å². The van der Waals surface area contributed by atoms with Crippen molar-refractivity contribution in [3.05, 3.63) is 0 Å². The molecular weight excluding hydrogens is 152 g/mol. The molecule has 0 bridgehead atoms. The first-order valence-electron chi connectivity index (χ1n) is 4.89. The first kappa shape index (κ1) is 8.52. The van der Waals surface area contributed by atoms with Gasteiger partial charge in [-0.1, -0.05) is 13.8 Å². The van der Waals surface area contributed by atoms with Crippen molar-refractivity contribution >= 4 is 0 Å². The third-order valence-corrected chi connectivity index (χ3v) is 3.94. The second-order valence-electron chi connectivity index (χ2n) is 4.75. The molecule has 3 atom stereocenters. The highest BCUT2D eigenvalue weighted by atomic mass is 16.5. The van der Waals surface area contributed by atoms with Gasteiger partial charge in [0.15, 0.2) is 0 Å². The molecule has 1 saturated carbocycles. The predicted molar refractivity (Wildman–Crippen MR) is 46.9 cm³/mol. The van der Waals surface area contributed by atoms with Crippen molar-refractivity contribution < 1.29 is 9.84 Å². The summed E-state index contributed by atoms with van der Waals surface area (Å²) in [5, 5.41) is 10.5. The molecule has 0 aromatic heterocycles. The fourth-order valence-electron chi connectivity index (χ4n) is 2.90. The number of rotatable bonds is 0. The van der Waals surface area contributed by atoms with Crippen molar-refractivity contribution in [3.63, 3.8) is 0 Å². The molecule has 2 heteroatoms. The minimum Gasteiger partial charge on any atom is -0.389 e. The maximum absolute atomic E-state index is 10.5. The lowest BCUT2D eigenvalue weighted by atomic mass is 9.68. The molecule has 0 aromatic rings. The Labute approximate surface area is 73.9 Å². The number of hydrogen-bond donors (Lipinski definition) is 1. The van der Waals surface area contributed by atoms with Gasteiger partial charge in [0.2, 0.25) is 0 Å². The van der Waals surface area contributed by atoms with E-state index in [0.29, 0.717) is 5.92 Å². The Morgan fingerprint density at radius 2 is 2.17 bits per heavy atom. The molecule has 12 heavy (non-hydrogen) atoms. The van der Waals surface area contributed by atoms with E-state index in [2.05, 4.69) is 13.8 Å². The van der Waals surface area contributed by atoms with Crippen LogP contribution in [0.4, 0.5) is 0 Å². The molecule has 1 saturated heterocycles. The van der Waals surface area contributed by atoms with E-state index in [0.717, 1.165) is 32.5 Å². The molecule has 0 radical (unpaired) electrons. The first-order chi connectivity index (χ1) is 5.58. The van der Waals surface area contributed by atoms with Crippen LogP contribution in [0.5, 0.6) is 0 Å². The monoisotopic (exact) mass is 170 g/mol. The van der Waals surface area contributed by atoms with Gasteiger partial charge in [0.1, 0.15) is 0 Å². The second-order valence-corrected chi connectivity index (χ2v) is 4.75. The molecule has 0 unspecified atom stereocenters. The molecule has 0 amide bonds. The molecule has 0 aromatic carbocycles. The van der Waals surface area contributed by atoms with Gasteiger partial charge in [-0.3, -0.25) is 0 Å². The van der Waals surface area contributed by atoms with Crippen molar-refractivity contribution in [3.8, 4) is 0 Å². The first-order valence-corrected chi connectivity index (χ1v) is 4.89. The molecule has 1 aliphatic heterocycles. The Bertz CT molecular complexity index is 192. The van der Waals surface area contributed by atoms with Gasteiger partial charge in [-0.2, -0.15) is 0 Å². The van der Waals surface area contributed by atoms with E-state index in [1.54, 1.807) is 0 Å². The van der Waals surface area contributed by atoms with Crippen LogP contribution in [0.2, 0.25) is 0 Å². The molecule has 2 fully saturated rings. The largest absolute Gasteiger partial charge is 0.389 e. The Balaban J connectivity index is 2.30. The summed E-state index contributed by atoms with van der Waals surface area (Å²) in [5.74, 6) is 0.304. The molecular formula is C10H18O2. The zero-order valence-corrected chi connectivity index (χ0v) is 7.97. The molecule has 2 rings (SSSR count). The van der Waals surface area contributed by atoms with Crippen molar-refractivity contribution in [2.24, 2.45) is 11.3 Å². The van der Waals surface area contributed by atoms with Crippen LogP contribution in [-0.2, 0) is 4.74 Å². The molecule has 1 N–H and O–H groups in total. The zero-order valence-electron chi connectivity index (χ0n) is 7.97. The van der Waals surface area contributed by atoms with Crippen LogP contribution in [0.3, 0.4) is 0 Å². The van der Waals surface area contributed by atoms with Crippen LogP contribution in [0, 0.1) is 11.3 Å². The molecule has 0 spiro atoms. The Morgan fingerprint density at radius 3 is 2.83 bits per heavy atom. The maximum Gasteiger partial charge on any atom is 0.0770 e. The summed E-state index contributed by atoms with van der Waals surface area (Å²) in [6.07, 6.45) is 3.24. The van der Waals surface area contributed by atoms with Crippen LogP contribution in [0.25, 0.3) is 0 Å². The third-order valence-electron chi connectivity index (χ3n) is 3.94. The summed E-state index contributed by atoms with van der Waals surface area (Å²) in [5.41, 5.74) is -0.407. The summed E-state index contributed by atoms with van der Waals surface area (Å²) < 4.78 is 5.50. The van der Waals surface area contributed by atoms with E-state index in [1.807, 2.05) is 0 Å². The zero-order chi connectivity index (χ0) is 8.82. The standard InChI is InChI=1S/C10H18O2/c1-8-6-12-7-9(2)4-3-5-10(8,9)11/h8,11H,3-7H2,1-2H3/t8-,9+,10+/m0/s1. The molecule has 1 heterocycles. The quantitative estimate of drug-likeness (QED) is 0.598. The lowest BCUT2D eigenvalue weighted by Gasteiger charge is -2.47. The maximum atomic E-state index is 10.5. The number of aliphatic hydroxyl groups is 1. The minimum atomic E-state index is -0.439. The molecule has 2 aliphatic rings. The van der Waals surface area contributed by atoms with Crippen LogP contribution < -0.4 is 0 Å². The van der Waals surface area contributed by atoms with E-state index < -0.39 is 5.60 Å². The van der Waals surface area contributed by atoms with Gasteiger partial charge >= 0.3 is 0 Å². The average molecular weight is 170 g/mol. The van der Waals surface area contributed by atoms with Crippen molar-refractivity contribution in [1.29, 1.82) is 0 Å². The van der Waals surface area contributed by atoms with Gasteiger partial charge in [0.25, 0.3) is 0 Å². The average Bonchev–Trinajstić information content (AvgIpc) is 2.30. The van der Waals surface area contributed by atoms with Crippen LogP contribution >= 0.6 is 0 Å². The van der Waals surface area contributed by atoms with Gasteiger partial charge < -0.3 is 9.84 Å². The van der Waals surface area contributed by atoms with Crippen molar-refractivity contribution in [1.82, 2.24) is 0 Å². The highest BCUT2D eigenvalue weighted by Gasteiger charge is 2.55. The van der Waals surface area contributed by atoms with E-state index in [9.17, 15) is 5.11 Å². The Hall–Kier alpha value is -0.0800. The lowest BCUT2D eigenvalue weighted by Crippen LogP contribution is -2.54. The van der Waals surface area contributed by atoms with Crippen LogP contribution in [0.15, 0.2) is 0 Å². The highest BCUT2D eigenvalue weighted by Crippen LogP contribution is 2.52. The van der Waals surface area contributed by atoms with Crippen molar-refractivity contribution in [2.45, 2.75) is 38.7 Å².